The van der Waals surface area contributed by atoms with Gasteiger partial charge >= 0.3 is 0 Å². The van der Waals surface area contributed by atoms with Crippen LogP contribution in [0.4, 0.5) is 0 Å². The number of aliphatic hydroxyl groups excluding tert-OH is 4. The minimum Gasteiger partial charge on any atom is -0.394 e. The molecule has 2 heterocycles. The van der Waals surface area contributed by atoms with Crippen LogP contribution in [0.1, 0.15) is 93.4 Å². The Kier molecular flexibility index (Phi) is 8.15. The molecule has 8 nitrogen and oxygen atoms in total. The molecule has 5 fully saturated rings. The van der Waals surface area contributed by atoms with Gasteiger partial charge in [-0.3, -0.25) is 0 Å². The summed E-state index contributed by atoms with van der Waals surface area (Å²) in [6, 6.07) is 0. The molecule has 4 aliphatic carbocycles. The molecule has 250 valence electrons. The average molecular weight is 619 g/mol. The summed E-state index contributed by atoms with van der Waals surface area (Å²) in [6.45, 7) is 15.8. The van der Waals surface area contributed by atoms with Crippen molar-refractivity contribution in [3.8, 4) is 0 Å². The van der Waals surface area contributed by atoms with Crippen LogP contribution in [-0.4, -0.2) is 86.8 Å². The quantitative estimate of drug-likeness (QED) is 0.270. The third-order valence-electron chi connectivity index (χ3n) is 14.2. The highest BCUT2D eigenvalue weighted by Crippen LogP contribution is 2.77. The topological polar surface area (TPSA) is 129 Å². The van der Waals surface area contributed by atoms with Crippen LogP contribution in [-0.2, 0) is 14.2 Å². The zero-order valence-corrected chi connectivity index (χ0v) is 27.9. The Balaban J connectivity index is 1.25. The molecule has 2 bridgehead atoms. The Morgan fingerprint density at radius 1 is 0.977 bits per heavy atom. The molecule has 1 spiro atoms. The lowest BCUT2D eigenvalue weighted by Crippen LogP contribution is -2.66. The molecule has 5 N–H and O–H groups in total. The summed E-state index contributed by atoms with van der Waals surface area (Å²) < 4.78 is 19.2. The average Bonchev–Trinajstić information content (AvgIpc) is 3.35. The van der Waals surface area contributed by atoms with Gasteiger partial charge in [0.05, 0.1) is 30.5 Å². The lowest BCUT2D eigenvalue weighted by Gasteiger charge is -2.65. The van der Waals surface area contributed by atoms with E-state index in [-0.39, 0.29) is 22.3 Å². The summed E-state index contributed by atoms with van der Waals surface area (Å²) in [4.78, 5) is 0. The molecule has 2 saturated heterocycles. The summed E-state index contributed by atoms with van der Waals surface area (Å²) in [6.07, 6.45) is 9.78. The van der Waals surface area contributed by atoms with Gasteiger partial charge in [0.1, 0.15) is 24.4 Å². The van der Waals surface area contributed by atoms with Crippen LogP contribution < -0.4 is 0 Å². The number of rotatable bonds is 7. The van der Waals surface area contributed by atoms with Crippen molar-refractivity contribution in [1.29, 1.82) is 0 Å². The minimum atomic E-state index is -1.46. The summed E-state index contributed by atoms with van der Waals surface area (Å²) in [5, 5.41) is 51.2. The van der Waals surface area contributed by atoms with E-state index in [0.29, 0.717) is 23.7 Å². The first kappa shape index (κ1) is 33.1. The highest BCUT2D eigenvalue weighted by Gasteiger charge is 2.75. The van der Waals surface area contributed by atoms with Crippen LogP contribution in [0.5, 0.6) is 0 Å². The fraction of sp³-hybridized carbons (Fsp3) is 0.889. The summed E-state index contributed by atoms with van der Waals surface area (Å²) >= 11 is 0. The van der Waals surface area contributed by atoms with E-state index in [4.69, 9.17) is 14.2 Å². The van der Waals surface area contributed by atoms with Gasteiger partial charge < -0.3 is 39.7 Å². The largest absolute Gasteiger partial charge is 0.394 e. The monoisotopic (exact) mass is 618 g/mol. The van der Waals surface area contributed by atoms with E-state index < -0.39 is 53.9 Å². The van der Waals surface area contributed by atoms with E-state index >= 15 is 0 Å². The number of ether oxygens (including phenoxy) is 3. The molecule has 6 aliphatic rings. The Morgan fingerprint density at radius 2 is 1.70 bits per heavy atom. The number of allylic oxidation sites excluding steroid dienone is 2. The van der Waals surface area contributed by atoms with Crippen LogP contribution in [0, 0.1) is 45.3 Å². The zero-order chi connectivity index (χ0) is 32.1. The van der Waals surface area contributed by atoms with Gasteiger partial charge in [-0.05, 0) is 87.4 Å². The van der Waals surface area contributed by atoms with Gasteiger partial charge in [0.15, 0.2) is 6.29 Å². The fourth-order valence-electron chi connectivity index (χ4n) is 11.5. The molecule has 44 heavy (non-hydrogen) atoms. The molecular weight excluding hydrogens is 560 g/mol. The van der Waals surface area contributed by atoms with Crippen molar-refractivity contribution < 1.29 is 39.7 Å². The van der Waals surface area contributed by atoms with Crippen molar-refractivity contribution in [2.24, 2.45) is 45.3 Å². The second-order valence-electron chi connectivity index (χ2n) is 17.1. The van der Waals surface area contributed by atoms with E-state index in [1.54, 1.807) is 0 Å². The molecule has 8 heteroatoms. The first-order valence-electron chi connectivity index (χ1n) is 17.2. The molecule has 0 aromatic rings. The third kappa shape index (κ3) is 4.52. The van der Waals surface area contributed by atoms with Crippen LogP contribution in [0.25, 0.3) is 0 Å². The molecule has 0 aromatic carbocycles. The molecule has 14 atom stereocenters. The Hall–Kier alpha value is -0.840. The molecule has 3 saturated carbocycles. The van der Waals surface area contributed by atoms with Crippen LogP contribution in [0.3, 0.4) is 0 Å². The molecule has 0 amide bonds. The Morgan fingerprint density at radius 3 is 2.39 bits per heavy atom. The predicted molar refractivity (Wildman–Crippen MR) is 166 cm³/mol. The van der Waals surface area contributed by atoms with Crippen LogP contribution >= 0.6 is 0 Å². The van der Waals surface area contributed by atoms with Crippen molar-refractivity contribution >= 4 is 0 Å². The molecule has 0 aromatic heterocycles. The fourth-order valence-corrected chi connectivity index (χ4v) is 11.5. The lowest BCUT2D eigenvalue weighted by atomic mass is 9.38. The van der Waals surface area contributed by atoms with Crippen LogP contribution in [0.2, 0.25) is 0 Å². The Labute approximate surface area is 263 Å². The van der Waals surface area contributed by atoms with Gasteiger partial charge in [-0.1, -0.05) is 58.9 Å². The van der Waals surface area contributed by atoms with Crippen LogP contribution in [0.15, 0.2) is 24.3 Å². The van der Waals surface area contributed by atoms with E-state index in [1.165, 1.54) is 19.3 Å². The highest BCUT2D eigenvalue weighted by molar-refractivity contribution is 5.33. The standard InChI is InChI=1S/C36H58O8/c1-21(9-8-14-31(2,3)41)22-12-15-34(7)24-13-16-36-25(35(24,20-42-36)18-17-33(22,34)6)10-11-26(32(36,4)5)44-30-29(40)28(39)27(38)23(19-37)43-30/h8,13-14,16,21-30,37-41H,9-12,15,17-20H2,1-7H3/b14-8+/t21-,22-,23-,24+,25+,26+,27-,28-,29-,30+,33-,34+,35+,36-/m1/s1. The molecule has 6 rings (SSSR count). The van der Waals surface area contributed by atoms with Gasteiger partial charge in [-0.25, -0.2) is 0 Å². The van der Waals surface area contributed by atoms with Gasteiger partial charge in [0.25, 0.3) is 0 Å². The van der Waals surface area contributed by atoms with E-state index in [1.807, 2.05) is 19.9 Å². The number of fused-ring (bicyclic) bond motifs is 2. The van der Waals surface area contributed by atoms with E-state index in [0.717, 1.165) is 32.3 Å². The first-order chi connectivity index (χ1) is 20.5. The van der Waals surface area contributed by atoms with Crippen molar-refractivity contribution in [3.63, 3.8) is 0 Å². The lowest BCUT2D eigenvalue weighted by molar-refractivity contribution is -0.329. The number of hydrogen-bond donors (Lipinski definition) is 5. The van der Waals surface area contributed by atoms with Gasteiger partial charge in [-0.15, -0.1) is 0 Å². The van der Waals surface area contributed by atoms with Gasteiger partial charge in [-0.2, -0.15) is 0 Å². The Bertz CT molecular complexity index is 1140. The van der Waals surface area contributed by atoms with Gasteiger partial charge in [0, 0.05) is 16.7 Å². The molecular formula is C36H58O8. The van der Waals surface area contributed by atoms with Crippen molar-refractivity contribution in [2.75, 3.05) is 13.2 Å². The maximum atomic E-state index is 10.7. The smallest absolute Gasteiger partial charge is 0.186 e. The maximum Gasteiger partial charge on any atom is 0.186 e. The van der Waals surface area contributed by atoms with E-state index in [9.17, 15) is 25.5 Å². The number of hydrogen-bond acceptors (Lipinski definition) is 8. The summed E-state index contributed by atoms with van der Waals surface area (Å²) in [7, 11) is 0. The molecule has 0 radical (unpaired) electrons. The van der Waals surface area contributed by atoms with Crippen molar-refractivity contribution in [1.82, 2.24) is 0 Å². The highest BCUT2D eigenvalue weighted by atomic mass is 16.7. The molecule has 2 aliphatic heterocycles. The second kappa shape index (κ2) is 10.8. The van der Waals surface area contributed by atoms with E-state index in [2.05, 4.69) is 52.8 Å². The summed E-state index contributed by atoms with van der Waals surface area (Å²) in [5.41, 5.74) is -1.24. The normalized spacial score (nSPS) is 52.0. The molecule has 0 unspecified atom stereocenters. The maximum absolute atomic E-state index is 10.7. The third-order valence-corrected chi connectivity index (χ3v) is 14.2. The first-order valence-corrected chi connectivity index (χ1v) is 17.2. The van der Waals surface area contributed by atoms with Crippen molar-refractivity contribution in [3.05, 3.63) is 24.3 Å². The SMILES string of the molecule is C[C@H](C/C=C/C(C)(C)O)[C@H]1CC[C@@]2(C)[C@@H]3C=C[C@@]45OC[C@]3(CC[C@]12C)[C@@H]4CC[C@H](O[C@@H]1O[C@H](CO)[C@@H](O)[C@@H](O)[C@H]1O)C5(C)C. The minimum absolute atomic E-state index is 0.0767. The summed E-state index contributed by atoms with van der Waals surface area (Å²) in [5.74, 6) is 1.99. The predicted octanol–water partition coefficient (Wildman–Crippen LogP) is 4.12. The second-order valence-corrected chi connectivity index (χ2v) is 17.1. The van der Waals surface area contributed by atoms with Crippen molar-refractivity contribution in [2.45, 2.75) is 141 Å². The number of aliphatic hydroxyl groups is 5. The van der Waals surface area contributed by atoms with Gasteiger partial charge in [0.2, 0.25) is 0 Å². The zero-order valence-electron chi connectivity index (χ0n) is 27.9.